The zero-order chi connectivity index (χ0) is 15.5. The molecule has 8 heteroatoms. The van der Waals surface area contributed by atoms with Crippen LogP contribution in [0.4, 0.5) is 0 Å². The first-order chi connectivity index (χ1) is 10.6. The number of hydrogen-bond donors (Lipinski definition) is 2. The molecule has 8 nitrogen and oxygen atoms in total. The molecule has 0 spiro atoms. The Morgan fingerprint density at radius 1 is 1.59 bits per heavy atom. The Hall–Kier alpha value is -2.64. The first-order valence-corrected chi connectivity index (χ1v) is 7.12. The Bertz CT molecular complexity index is 690. The predicted octanol–water partition coefficient (Wildman–Crippen LogP) is 0.332. The van der Waals surface area contributed by atoms with Gasteiger partial charge in [0.15, 0.2) is 5.82 Å². The molecule has 0 radical (unpaired) electrons. The quantitative estimate of drug-likeness (QED) is 0.847. The summed E-state index contributed by atoms with van der Waals surface area (Å²) in [6.45, 7) is 0.785. The van der Waals surface area contributed by atoms with E-state index in [0.29, 0.717) is 30.4 Å². The largest absolute Gasteiger partial charge is 0.356 e. The number of rotatable bonds is 4. The second-order valence-corrected chi connectivity index (χ2v) is 5.27. The molecule has 0 bridgehead atoms. The summed E-state index contributed by atoms with van der Waals surface area (Å²) in [5.41, 5.74) is 0.559. The molecular weight excluding hydrogens is 286 g/mol. The van der Waals surface area contributed by atoms with Crippen LogP contribution in [0, 0.1) is 0 Å². The second-order valence-electron chi connectivity index (χ2n) is 5.27. The molecule has 116 valence electrons. The van der Waals surface area contributed by atoms with E-state index >= 15 is 0 Å². The number of nitrogens with one attached hydrogen (secondary N) is 2. The maximum Gasteiger partial charge on any atom is 0.268 e. The maximum atomic E-state index is 12.0. The van der Waals surface area contributed by atoms with Crippen molar-refractivity contribution in [2.45, 2.75) is 25.3 Å². The molecule has 2 aromatic heterocycles. The van der Waals surface area contributed by atoms with E-state index in [1.165, 1.54) is 0 Å². The van der Waals surface area contributed by atoms with Crippen molar-refractivity contribution in [3.8, 4) is 0 Å². The van der Waals surface area contributed by atoms with Crippen molar-refractivity contribution in [1.82, 2.24) is 25.3 Å². The van der Waals surface area contributed by atoms with Gasteiger partial charge in [-0.2, -0.15) is 4.98 Å². The molecule has 1 aliphatic heterocycles. The van der Waals surface area contributed by atoms with Crippen LogP contribution >= 0.6 is 0 Å². The van der Waals surface area contributed by atoms with Crippen LogP contribution < -0.4 is 10.6 Å². The van der Waals surface area contributed by atoms with Gasteiger partial charge in [0.1, 0.15) is 5.69 Å². The van der Waals surface area contributed by atoms with Crippen LogP contribution in [0.15, 0.2) is 22.9 Å². The molecule has 2 amide bonds. The molecule has 3 heterocycles. The highest BCUT2D eigenvalue weighted by Gasteiger charge is 2.25. The topological polar surface area (TPSA) is 102 Å². The number of carbonyl (C=O) groups excluding carboxylic acids is 2. The minimum atomic E-state index is -0.204. The molecular formula is C14H17N5O3. The molecule has 0 aromatic carbocycles. The van der Waals surface area contributed by atoms with Gasteiger partial charge in [-0.15, -0.1) is 0 Å². The lowest BCUT2D eigenvalue weighted by Crippen LogP contribution is -2.32. The Balaban J connectivity index is 1.59. The predicted molar refractivity (Wildman–Crippen MR) is 75.9 cm³/mol. The molecule has 1 aliphatic rings. The number of aryl methyl sites for hydroxylation is 1. The van der Waals surface area contributed by atoms with Crippen molar-refractivity contribution in [1.29, 1.82) is 0 Å². The van der Waals surface area contributed by atoms with E-state index in [1.54, 1.807) is 29.9 Å². The van der Waals surface area contributed by atoms with Crippen molar-refractivity contribution in [2.75, 3.05) is 6.54 Å². The number of carbonyl (C=O) groups is 2. The molecule has 0 saturated carbocycles. The Morgan fingerprint density at radius 2 is 2.45 bits per heavy atom. The van der Waals surface area contributed by atoms with Gasteiger partial charge in [0.05, 0.1) is 6.54 Å². The summed E-state index contributed by atoms with van der Waals surface area (Å²) in [4.78, 5) is 27.6. The van der Waals surface area contributed by atoms with E-state index in [2.05, 4.69) is 20.8 Å². The van der Waals surface area contributed by atoms with Gasteiger partial charge in [-0.1, -0.05) is 5.16 Å². The van der Waals surface area contributed by atoms with Gasteiger partial charge in [0.2, 0.25) is 11.8 Å². The minimum absolute atomic E-state index is 0.000361. The van der Waals surface area contributed by atoms with E-state index < -0.39 is 0 Å². The SMILES string of the molecule is Cn1cccc1C(=O)NCc1nc(C2CCNC(=O)C2)no1. The van der Waals surface area contributed by atoms with Crippen molar-refractivity contribution in [3.63, 3.8) is 0 Å². The number of hydrogen-bond acceptors (Lipinski definition) is 5. The van der Waals surface area contributed by atoms with E-state index in [9.17, 15) is 9.59 Å². The maximum absolute atomic E-state index is 12.0. The highest BCUT2D eigenvalue weighted by atomic mass is 16.5. The van der Waals surface area contributed by atoms with E-state index in [1.807, 2.05) is 0 Å². The van der Waals surface area contributed by atoms with E-state index in [-0.39, 0.29) is 24.3 Å². The average molecular weight is 303 g/mol. The zero-order valence-corrected chi connectivity index (χ0v) is 12.2. The monoisotopic (exact) mass is 303 g/mol. The van der Waals surface area contributed by atoms with Crippen molar-refractivity contribution >= 4 is 11.8 Å². The lowest BCUT2D eigenvalue weighted by atomic mass is 9.97. The number of aromatic nitrogens is 3. The summed E-state index contributed by atoms with van der Waals surface area (Å²) in [6, 6.07) is 3.53. The van der Waals surface area contributed by atoms with Crippen LogP contribution in [-0.2, 0) is 18.4 Å². The summed E-state index contributed by atoms with van der Waals surface area (Å²) in [7, 11) is 1.80. The van der Waals surface area contributed by atoms with Crippen molar-refractivity contribution < 1.29 is 14.1 Å². The fourth-order valence-electron chi connectivity index (χ4n) is 2.45. The molecule has 1 saturated heterocycles. The lowest BCUT2D eigenvalue weighted by molar-refractivity contribution is -0.122. The number of amides is 2. The lowest BCUT2D eigenvalue weighted by Gasteiger charge is -2.18. The minimum Gasteiger partial charge on any atom is -0.356 e. The van der Waals surface area contributed by atoms with Gasteiger partial charge < -0.3 is 19.7 Å². The number of piperidine rings is 1. The van der Waals surface area contributed by atoms with Gasteiger partial charge >= 0.3 is 0 Å². The summed E-state index contributed by atoms with van der Waals surface area (Å²) in [5.74, 6) is 0.639. The van der Waals surface area contributed by atoms with Gasteiger partial charge in [0.25, 0.3) is 5.91 Å². The third-order valence-electron chi connectivity index (χ3n) is 3.67. The summed E-state index contributed by atoms with van der Waals surface area (Å²) < 4.78 is 6.87. The smallest absolute Gasteiger partial charge is 0.268 e. The van der Waals surface area contributed by atoms with Gasteiger partial charge in [0, 0.05) is 32.1 Å². The van der Waals surface area contributed by atoms with Crippen LogP contribution in [0.3, 0.4) is 0 Å². The Morgan fingerprint density at radius 3 is 3.18 bits per heavy atom. The molecule has 0 aliphatic carbocycles. The average Bonchev–Trinajstić information content (AvgIpc) is 3.14. The third kappa shape index (κ3) is 3.00. The van der Waals surface area contributed by atoms with Crippen LogP contribution in [0.2, 0.25) is 0 Å². The highest BCUT2D eigenvalue weighted by Crippen LogP contribution is 2.22. The summed E-state index contributed by atoms with van der Waals surface area (Å²) >= 11 is 0. The third-order valence-corrected chi connectivity index (χ3v) is 3.67. The molecule has 2 N–H and O–H groups in total. The molecule has 3 rings (SSSR count). The van der Waals surface area contributed by atoms with Crippen molar-refractivity contribution in [2.24, 2.45) is 7.05 Å². The summed E-state index contributed by atoms with van der Waals surface area (Å²) in [6.07, 6.45) is 2.96. The fraction of sp³-hybridized carbons (Fsp3) is 0.429. The Labute approximate surface area is 126 Å². The molecule has 22 heavy (non-hydrogen) atoms. The van der Waals surface area contributed by atoms with Gasteiger partial charge in [-0.3, -0.25) is 9.59 Å². The van der Waals surface area contributed by atoms with Crippen LogP contribution in [0.1, 0.15) is 41.0 Å². The molecule has 1 atom stereocenters. The van der Waals surface area contributed by atoms with E-state index in [4.69, 9.17) is 4.52 Å². The van der Waals surface area contributed by atoms with Crippen molar-refractivity contribution in [3.05, 3.63) is 35.7 Å². The zero-order valence-electron chi connectivity index (χ0n) is 12.2. The van der Waals surface area contributed by atoms with Crippen LogP contribution in [0.25, 0.3) is 0 Å². The van der Waals surface area contributed by atoms with Crippen LogP contribution in [0.5, 0.6) is 0 Å². The van der Waals surface area contributed by atoms with Gasteiger partial charge in [-0.05, 0) is 18.6 Å². The van der Waals surface area contributed by atoms with E-state index in [0.717, 1.165) is 6.42 Å². The van der Waals surface area contributed by atoms with Crippen LogP contribution in [-0.4, -0.2) is 33.1 Å². The standard InChI is InChI=1S/C14H17N5O3/c1-19-6-2-3-10(19)14(21)16-8-12-17-13(18-22-12)9-4-5-15-11(20)7-9/h2-3,6,9H,4-5,7-8H2,1H3,(H,15,20)(H,16,21). The molecule has 1 unspecified atom stereocenters. The fourth-order valence-corrected chi connectivity index (χ4v) is 2.45. The molecule has 1 fully saturated rings. The Kier molecular flexibility index (Phi) is 3.90. The second kappa shape index (κ2) is 6.00. The normalized spacial score (nSPS) is 18.0. The first-order valence-electron chi connectivity index (χ1n) is 7.12. The molecule has 2 aromatic rings. The number of nitrogens with zero attached hydrogens (tertiary/aromatic N) is 3. The van der Waals surface area contributed by atoms with Gasteiger partial charge in [-0.25, -0.2) is 0 Å². The highest BCUT2D eigenvalue weighted by molar-refractivity contribution is 5.92. The summed E-state index contributed by atoms with van der Waals surface area (Å²) in [5, 5.41) is 9.41. The first kappa shape index (κ1) is 14.3.